The highest BCUT2D eigenvalue weighted by Gasteiger charge is 2.28. The summed E-state index contributed by atoms with van der Waals surface area (Å²) in [4.78, 5) is 28.1. The fraction of sp³-hybridized carbons (Fsp3) is 0.556. The minimum atomic E-state index is -0.567. The van der Waals surface area contributed by atoms with E-state index in [0.29, 0.717) is 32.4 Å². The van der Waals surface area contributed by atoms with Gasteiger partial charge in [0.1, 0.15) is 0 Å². The number of piperidine rings is 1. The molecule has 2 amide bonds. The van der Waals surface area contributed by atoms with Crippen LogP contribution in [0.4, 0.5) is 5.69 Å². The van der Waals surface area contributed by atoms with Crippen LogP contribution < -0.4 is 4.90 Å². The molecule has 2 aliphatic heterocycles. The predicted octanol–water partition coefficient (Wildman–Crippen LogP) is 0.700. The molecular formula is C18H24N2O4. The molecule has 0 aliphatic carbocycles. The van der Waals surface area contributed by atoms with Gasteiger partial charge in [0.2, 0.25) is 11.8 Å². The van der Waals surface area contributed by atoms with E-state index in [0.717, 1.165) is 11.3 Å². The number of rotatable bonds is 3. The number of fused-ring (bicyclic) bond motifs is 1. The number of amides is 2. The Balaban J connectivity index is 1.58. The zero-order chi connectivity index (χ0) is 17.1. The molecule has 0 saturated carbocycles. The lowest BCUT2D eigenvalue weighted by Crippen LogP contribution is -2.43. The van der Waals surface area contributed by atoms with Gasteiger partial charge in [-0.05, 0) is 24.5 Å². The number of hydrogen-bond acceptors (Lipinski definition) is 4. The number of para-hydroxylation sites is 1. The molecule has 24 heavy (non-hydrogen) atoms. The number of anilines is 1. The highest BCUT2D eigenvalue weighted by atomic mass is 16.3. The number of likely N-dealkylation sites (tertiary alicyclic amines) is 1. The second-order valence-electron chi connectivity index (χ2n) is 6.60. The van der Waals surface area contributed by atoms with E-state index >= 15 is 0 Å². The average Bonchev–Trinajstić information content (AvgIpc) is 2.59. The molecule has 0 radical (unpaired) electrons. The summed E-state index contributed by atoms with van der Waals surface area (Å²) in [5.41, 5.74) is 1.79. The third-order valence-electron chi connectivity index (χ3n) is 4.80. The first kappa shape index (κ1) is 16.9. The van der Waals surface area contributed by atoms with Crippen molar-refractivity contribution in [2.45, 2.75) is 44.3 Å². The van der Waals surface area contributed by atoms with Gasteiger partial charge in [0.15, 0.2) is 0 Å². The maximum atomic E-state index is 12.5. The maximum absolute atomic E-state index is 12.5. The first-order chi connectivity index (χ1) is 11.5. The van der Waals surface area contributed by atoms with Crippen molar-refractivity contribution in [3.63, 3.8) is 0 Å². The Morgan fingerprint density at radius 1 is 1.00 bits per heavy atom. The Morgan fingerprint density at radius 2 is 1.67 bits per heavy atom. The average molecular weight is 332 g/mol. The van der Waals surface area contributed by atoms with E-state index in [9.17, 15) is 19.8 Å². The van der Waals surface area contributed by atoms with Gasteiger partial charge in [-0.25, -0.2) is 0 Å². The van der Waals surface area contributed by atoms with Gasteiger partial charge in [-0.1, -0.05) is 18.2 Å². The van der Waals surface area contributed by atoms with E-state index in [1.54, 1.807) is 9.80 Å². The van der Waals surface area contributed by atoms with Crippen molar-refractivity contribution in [1.82, 2.24) is 4.90 Å². The summed E-state index contributed by atoms with van der Waals surface area (Å²) in [6.45, 7) is 1.39. The van der Waals surface area contributed by atoms with E-state index in [1.165, 1.54) is 0 Å². The van der Waals surface area contributed by atoms with Gasteiger partial charge in [-0.2, -0.15) is 0 Å². The van der Waals surface area contributed by atoms with Gasteiger partial charge in [0.25, 0.3) is 0 Å². The molecule has 1 aromatic carbocycles. The van der Waals surface area contributed by atoms with Crippen LogP contribution >= 0.6 is 0 Å². The number of β-amino-alcohol motifs (C(OH)–C–C–N with tert-alkyl or cyclic N) is 1. The summed E-state index contributed by atoms with van der Waals surface area (Å²) in [6.07, 6.45) is 1.18. The molecule has 1 atom stereocenters. The Hall–Kier alpha value is -1.92. The van der Waals surface area contributed by atoms with Crippen LogP contribution in [0.5, 0.6) is 0 Å². The van der Waals surface area contributed by atoms with Gasteiger partial charge in [-0.3, -0.25) is 9.59 Å². The number of hydrogen-bond donors (Lipinski definition) is 2. The molecule has 1 aromatic rings. The van der Waals surface area contributed by atoms with Crippen molar-refractivity contribution in [2.24, 2.45) is 0 Å². The molecule has 1 saturated heterocycles. The normalized spacial score (nSPS) is 21.5. The topological polar surface area (TPSA) is 81.1 Å². The molecule has 0 aromatic heterocycles. The molecule has 0 bridgehead atoms. The lowest BCUT2D eigenvalue weighted by atomic mass is 9.99. The Bertz CT molecular complexity index is 611. The highest BCUT2D eigenvalue weighted by molar-refractivity contribution is 5.96. The first-order valence-electron chi connectivity index (χ1n) is 8.57. The molecule has 6 nitrogen and oxygen atoms in total. The second-order valence-corrected chi connectivity index (χ2v) is 6.60. The molecule has 0 spiro atoms. The van der Waals surface area contributed by atoms with Crippen LogP contribution in [-0.2, 0) is 16.0 Å². The summed E-state index contributed by atoms with van der Waals surface area (Å²) in [7, 11) is 0. The third-order valence-corrected chi connectivity index (χ3v) is 4.80. The Kier molecular flexibility index (Phi) is 5.16. The molecule has 1 unspecified atom stereocenters. The highest BCUT2D eigenvalue weighted by Crippen LogP contribution is 2.27. The molecule has 2 N–H and O–H groups in total. The van der Waals surface area contributed by atoms with Gasteiger partial charge >= 0.3 is 0 Å². The van der Waals surface area contributed by atoms with Gasteiger partial charge < -0.3 is 20.0 Å². The Morgan fingerprint density at radius 3 is 2.42 bits per heavy atom. The zero-order valence-electron chi connectivity index (χ0n) is 13.7. The SMILES string of the molecule is O=C(CCC(=O)N1CC(O)Cc2ccccc21)N1CCC(O)CC1. The number of carbonyl (C=O) groups is 2. The number of aliphatic hydroxyl groups excluding tert-OH is 2. The summed E-state index contributed by atoms with van der Waals surface area (Å²) in [6, 6.07) is 7.57. The molecule has 1 fully saturated rings. The molecular weight excluding hydrogens is 308 g/mol. The largest absolute Gasteiger partial charge is 0.393 e. The predicted molar refractivity (Wildman–Crippen MR) is 89.6 cm³/mol. The zero-order valence-corrected chi connectivity index (χ0v) is 13.7. The minimum absolute atomic E-state index is 0.0407. The van der Waals surface area contributed by atoms with Crippen LogP contribution in [0.1, 0.15) is 31.2 Å². The van der Waals surface area contributed by atoms with E-state index in [1.807, 2.05) is 24.3 Å². The van der Waals surface area contributed by atoms with Crippen molar-refractivity contribution >= 4 is 17.5 Å². The van der Waals surface area contributed by atoms with Crippen molar-refractivity contribution in [3.05, 3.63) is 29.8 Å². The fourth-order valence-electron chi connectivity index (χ4n) is 3.43. The number of nitrogens with zero attached hydrogens (tertiary/aromatic N) is 2. The number of aliphatic hydroxyl groups is 2. The van der Waals surface area contributed by atoms with Crippen molar-refractivity contribution in [3.8, 4) is 0 Å². The standard InChI is InChI=1S/C18H24N2O4/c21-14-7-9-19(10-8-14)17(23)5-6-18(24)20-12-15(22)11-13-3-1-2-4-16(13)20/h1-4,14-15,21-22H,5-12H2. The molecule has 6 heteroatoms. The smallest absolute Gasteiger partial charge is 0.227 e. The van der Waals surface area contributed by atoms with Gasteiger partial charge in [0.05, 0.1) is 18.8 Å². The van der Waals surface area contributed by atoms with Crippen molar-refractivity contribution in [1.29, 1.82) is 0 Å². The van der Waals surface area contributed by atoms with Crippen LogP contribution in [0, 0.1) is 0 Å². The fourth-order valence-corrected chi connectivity index (χ4v) is 3.43. The first-order valence-corrected chi connectivity index (χ1v) is 8.57. The number of benzene rings is 1. The molecule has 2 aliphatic rings. The van der Waals surface area contributed by atoms with Crippen molar-refractivity contribution in [2.75, 3.05) is 24.5 Å². The lowest BCUT2D eigenvalue weighted by molar-refractivity contribution is -0.135. The van der Waals surface area contributed by atoms with Crippen LogP contribution in [0.15, 0.2) is 24.3 Å². The van der Waals surface area contributed by atoms with Gasteiger partial charge in [0, 0.05) is 38.0 Å². The van der Waals surface area contributed by atoms with Crippen LogP contribution in [-0.4, -0.2) is 58.8 Å². The molecule has 3 rings (SSSR count). The number of carbonyl (C=O) groups excluding carboxylic acids is 2. The monoisotopic (exact) mass is 332 g/mol. The van der Waals surface area contributed by atoms with Gasteiger partial charge in [-0.15, -0.1) is 0 Å². The van der Waals surface area contributed by atoms with E-state index in [4.69, 9.17) is 0 Å². The second kappa shape index (κ2) is 7.32. The third kappa shape index (κ3) is 3.76. The summed E-state index contributed by atoms with van der Waals surface area (Å²) in [5.74, 6) is -0.173. The minimum Gasteiger partial charge on any atom is -0.393 e. The Labute approximate surface area is 141 Å². The van der Waals surface area contributed by atoms with E-state index in [-0.39, 0.29) is 37.3 Å². The molecule has 130 valence electrons. The quantitative estimate of drug-likeness (QED) is 0.854. The summed E-state index contributed by atoms with van der Waals surface area (Å²) >= 11 is 0. The van der Waals surface area contributed by atoms with E-state index in [2.05, 4.69) is 0 Å². The summed E-state index contributed by atoms with van der Waals surface area (Å²) in [5, 5.41) is 19.5. The van der Waals surface area contributed by atoms with Crippen LogP contribution in [0.3, 0.4) is 0 Å². The van der Waals surface area contributed by atoms with Crippen LogP contribution in [0.2, 0.25) is 0 Å². The van der Waals surface area contributed by atoms with Crippen molar-refractivity contribution < 1.29 is 19.8 Å². The lowest BCUT2D eigenvalue weighted by Gasteiger charge is -2.33. The summed E-state index contributed by atoms with van der Waals surface area (Å²) < 4.78 is 0. The van der Waals surface area contributed by atoms with Crippen LogP contribution in [0.25, 0.3) is 0 Å². The van der Waals surface area contributed by atoms with E-state index < -0.39 is 6.10 Å². The maximum Gasteiger partial charge on any atom is 0.227 e. The molecule has 2 heterocycles.